The van der Waals surface area contributed by atoms with Crippen molar-refractivity contribution in [2.75, 3.05) is 0 Å². The van der Waals surface area contributed by atoms with E-state index in [-0.39, 0.29) is 49.4 Å². The fourth-order valence-corrected chi connectivity index (χ4v) is 2.06. The Kier molecular flexibility index (Phi) is 8.53. The monoisotopic (exact) mass is 465 g/mol. The van der Waals surface area contributed by atoms with Gasteiger partial charge in [-0.3, -0.25) is 19.9 Å². The van der Waals surface area contributed by atoms with Crippen molar-refractivity contribution in [2.45, 2.75) is 0 Å². The van der Waals surface area contributed by atoms with E-state index in [1.54, 1.807) is 24.8 Å². The van der Waals surface area contributed by atoms with Crippen LogP contribution in [-0.2, 0) is 0 Å². The van der Waals surface area contributed by atoms with E-state index < -0.39 is 0 Å². The fraction of sp³-hybridized carbons (Fsp3) is 0. The molecule has 0 aliphatic carbocycles. The fourth-order valence-electron chi connectivity index (χ4n) is 2.06. The molecule has 0 saturated heterocycles. The van der Waals surface area contributed by atoms with Crippen LogP contribution >= 0.6 is 0 Å². The average molecular weight is 464 g/mol. The smallest absolute Gasteiger partial charge is 0.0886 e. The molecule has 4 aromatic rings. The van der Waals surface area contributed by atoms with Crippen molar-refractivity contribution < 1.29 is 49.4 Å². The Morgan fingerprint density at radius 1 is 0.360 bits per heavy atom. The Morgan fingerprint density at radius 2 is 0.600 bits per heavy atom. The summed E-state index contributed by atoms with van der Waals surface area (Å²) in [5.74, 6) is 0. The van der Waals surface area contributed by atoms with Gasteiger partial charge in [-0.1, -0.05) is 24.3 Å². The van der Waals surface area contributed by atoms with Crippen molar-refractivity contribution in [1.82, 2.24) is 19.9 Å². The van der Waals surface area contributed by atoms with Gasteiger partial charge in [-0.2, -0.15) is 0 Å². The number of aromatic nitrogens is 4. The third kappa shape index (κ3) is 6.20. The third-order valence-electron chi connectivity index (χ3n) is 3.18. The molecule has 0 aliphatic heterocycles. The zero-order valence-corrected chi connectivity index (χ0v) is 15.8. The van der Waals surface area contributed by atoms with Crippen molar-refractivity contribution in [3.8, 4) is 22.8 Å². The SMILES string of the molecule is [Eu].c1ccc(-c2ccccn2)nc1.c1ccc(-c2ccccn2)nc1. The molecule has 0 bridgehead atoms. The van der Waals surface area contributed by atoms with E-state index in [9.17, 15) is 0 Å². The molecule has 0 aliphatic rings. The first kappa shape index (κ1) is 19.5. The standard InChI is InChI=1S/2C10H8N2.Eu/c2*1-3-7-11-9(5-1)10-6-2-4-8-12-10;/h2*1-8H;. The summed E-state index contributed by atoms with van der Waals surface area (Å²) < 4.78 is 0. The minimum absolute atomic E-state index is 0. The molecular formula is C20H16EuN4. The Labute approximate surface area is 188 Å². The molecule has 0 fully saturated rings. The molecule has 25 heavy (non-hydrogen) atoms. The Balaban J connectivity index is 0.000000173. The molecule has 0 atom stereocenters. The number of rotatable bonds is 2. The molecule has 4 aromatic heterocycles. The van der Waals surface area contributed by atoms with Gasteiger partial charge in [0.2, 0.25) is 0 Å². The van der Waals surface area contributed by atoms with Crippen molar-refractivity contribution in [3.05, 3.63) is 97.6 Å². The van der Waals surface area contributed by atoms with Crippen molar-refractivity contribution in [1.29, 1.82) is 0 Å². The van der Waals surface area contributed by atoms with E-state index >= 15 is 0 Å². The van der Waals surface area contributed by atoms with Crippen LogP contribution in [0.15, 0.2) is 97.6 Å². The van der Waals surface area contributed by atoms with Crippen molar-refractivity contribution in [2.24, 2.45) is 0 Å². The molecule has 0 spiro atoms. The first-order chi connectivity index (χ1) is 11.9. The van der Waals surface area contributed by atoms with E-state index in [2.05, 4.69) is 19.9 Å². The summed E-state index contributed by atoms with van der Waals surface area (Å²) in [7, 11) is 0. The summed E-state index contributed by atoms with van der Waals surface area (Å²) >= 11 is 0. The third-order valence-corrected chi connectivity index (χ3v) is 3.18. The van der Waals surface area contributed by atoms with Crippen LogP contribution in [0.3, 0.4) is 0 Å². The molecular weight excluding hydrogens is 448 g/mol. The summed E-state index contributed by atoms with van der Waals surface area (Å²) in [6, 6.07) is 23.2. The second-order valence-electron chi connectivity index (χ2n) is 4.86. The van der Waals surface area contributed by atoms with Crippen LogP contribution in [0.25, 0.3) is 22.8 Å². The zero-order valence-electron chi connectivity index (χ0n) is 13.4. The van der Waals surface area contributed by atoms with Gasteiger partial charge in [0.25, 0.3) is 0 Å². The first-order valence-corrected chi connectivity index (χ1v) is 7.58. The van der Waals surface area contributed by atoms with E-state index in [4.69, 9.17) is 0 Å². The Morgan fingerprint density at radius 3 is 0.760 bits per heavy atom. The summed E-state index contributed by atoms with van der Waals surface area (Å²) in [4.78, 5) is 16.7. The first-order valence-electron chi connectivity index (χ1n) is 7.58. The molecule has 0 unspecified atom stereocenters. The van der Waals surface area contributed by atoms with E-state index in [1.807, 2.05) is 72.8 Å². The maximum atomic E-state index is 4.19. The molecule has 4 heterocycles. The summed E-state index contributed by atoms with van der Waals surface area (Å²) in [5, 5.41) is 0. The average Bonchev–Trinajstić information content (AvgIpc) is 2.71. The second-order valence-corrected chi connectivity index (χ2v) is 4.86. The van der Waals surface area contributed by atoms with Gasteiger partial charge < -0.3 is 0 Å². The minimum Gasteiger partial charge on any atom is -0.255 e. The largest absolute Gasteiger partial charge is 0.255 e. The van der Waals surface area contributed by atoms with Gasteiger partial charge >= 0.3 is 0 Å². The van der Waals surface area contributed by atoms with Gasteiger partial charge in [0.05, 0.1) is 22.8 Å². The molecule has 0 amide bonds. The van der Waals surface area contributed by atoms with Crippen LogP contribution in [-0.4, -0.2) is 19.9 Å². The van der Waals surface area contributed by atoms with Crippen LogP contribution in [0.5, 0.6) is 0 Å². The number of hydrogen-bond acceptors (Lipinski definition) is 4. The maximum absolute atomic E-state index is 4.19. The summed E-state index contributed by atoms with van der Waals surface area (Å²) in [6.45, 7) is 0. The van der Waals surface area contributed by atoms with Gasteiger partial charge in [0.1, 0.15) is 0 Å². The Bertz CT molecular complexity index is 692. The summed E-state index contributed by atoms with van der Waals surface area (Å²) in [6.07, 6.45) is 7.07. The molecule has 0 aromatic carbocycles. The molecule has 0 N–H and O–H groups in total. The van der Waals surface area contributed by atoms with Crippen molar-refractivity contribution in [3.63, 3.8) is 0 Å². The van der Waals surface area contributed by atoms with Gasteiger partial charge in [-0.05, 0) is 48.5 Å². The van der Waals surface area contributed by atoms with Gasteiger partial charge in [-0.15, -0.1) is 0 Å². The molecule has 4 nitrogen and oxygen atoms in total. The number of pyridine rings is 4. The van der Waals surface area contributed by atoms with Gasteiger partial charge in [0, 0.05) is 74.2 Å². The predicted octanol–water partition coefficient (Wildman–Crippen LogP) is 4.29. The Hall–Kier alpha value is -1.82. The van der Waals surface area contributed by atoms with E-state index in [0.717, 1.165) is 22.8 Å². The van der Waals surface area contributed by atoms with Gasteiger partial charge in [-0.25, -0.2) is 0 Å². The topological polar surface area (TPSA) is 51.6 Å². The van der Waals surface area contributed by atoms with Crippen LogP contribution < -0.4 is 0 Å². The zero-order chi connectivity index (χ0) is 16.5. The summed E-state index contributed by atoms with van der Waals surface area (Å²) in [5.41, 5.74) is 3.66. The molecule has 5 heteroatoms. The predicted molar refractivity (Wildman–Crippen MR) is 94.9 cm³/mol. The normalized spacial score (nSPS) is 9.28. The van der Waals surface area contributed by atoms with Crippen LogP contribution in [0.1, 0.15) is 0 Å². The number of hydrogen-bond donors (Lipinski definition) is 0. The maximum Gasteiger partial charge on any atom is 0.0886 e. The molecule has 0 saturated carbocycles. The van der Waals surface area contributed by atoms with Gasteiger partial charge in [0.15, 0.2) is 0 Å². The number of nitrogens with zero attached hydrogens (tertiary/aromatic N) is 4. The van der Waals surface area contributed by atoms with E-state index in [0.29, 0.717) is 0 Å². The minimum atomic E-state index is 0. The molecule has 1 radical (unpaired) electrons. The van der Waals surface area contributed by atoms with E-state index in [1.165, 1.54) is 0 Å². The molecule has 123 valence electrons. The van der Waals surface area contributed by atoms with Crippen LogP contribution in [0, 0.1) is 49.4 Å². The molecule has 4 rings (SSSR count). The second kappa shape index (κ2) is 10.9. The quantitative estimate of drug-likeness (QED) is 0.444. The van der Waals surface area contributed by atoms with Crippen LogP contribution in [0.2, 0.25) is 0 Å². The van der Waals surface area contributed by atoms with Crippen molar-refractivity contribution >= 4 is 0 Å². The van der Waals surface area contributed by atoms with Crippen LogP contribution in [0.4, 0.5) is 0 Å².